The van der Waals surface area contributed by atoms with E-state index in [9.17, 15) is 9.59 Å². The Bertz CT molecular complexity index is 744. The highest BCUT2D eigenvalue weighted by Gasteiger charge is 2.13. The van der Waals surface area contributed by atoms with Gasteiger partial charge in [-0.1, -0.05) is 59.6 Å². The summed E-state index contributed by atoms with van der Waals surface area (Å²) in [4.78, 5) is 23.3. The Balaban J connectivity index is 1.99. The SMILES string of the molecule is COC(=O)Cc1cccc(COC(=O)Cc2ccccc2Cl)c1Cl. The summed E-state index contributed by atoms with van der Waals surface area (Å²) in [6.45, 7) is 0.0249. The van der Waals surface area contributed by atoms with Crippen LogP contribution in [0.15, 0.2) is 42.5 Å². The molecule has 126 valence electrons. The van der Waals surface area contributed by atoms with Gasteiger partial charge in [-0.25, -0.2) is 0 Å². The van der Waals surface area contributed by atoms with Crippen LogP contribution in [0.5, 0.6) is 0 Å². The number of rotatable bonds is 6. The second kappa shape index (κ2) is 8.71. The van der Waals surface area contributed by atoms with Crippen LogP contribution in [0.1, 0.15) is 16.7 Å². The Hall–Kier alpha value is -2.04. The molecule has 0 saturated carbocycles. The number of hydrogen-bond donors (Lipinski definition) is 0. The highest BCUT2D eigenvalue weighted by atomic mass is 35.5. The monoisotopic (exact) mass is 366 g/mol. The van der Waals surface area contributed by atoms with E-state index in [4.69, 9.17) is 27.9 Å². The molecular formula is C18H16Cl2O4. The van der Waals surface area contributed by atoms with Crippen molar-refractivity contribution in [1.82, 2.24) is 0 Å². The van der Waals surface area contributed by atoms with Gasteiger partial charge in [0.25, 0.3) is 0 Å². The minimum Gasteiger partial charge on any atom is -0.469 e. The molecule has 0 atom stereocenters. The number of hydrogen-bond acceptors (Lipinski definition) is 4. The summed E-state index contributed by atoms with van der Waals surface area (Å²) < 4.78 is 9.89. The number of methoxy groups -OCH3 is 1. The number of carbonyl (C=O) groups is 2. The van der Waals surface area contributed by atoms with Crippen molar-refractivity contribution >= 4 is 35.1 Å². The predicted octanol–water partition coefficient (Wildman–Crippen LogP) is 3.99. The van der Waals surface area contributed by atoms with Crippen LogP contribution >= 0.6 is 23.2 Å². The number of halogens is 2. The van der Waals surface area contributed by atoms with Crippen molar-refractivity contribution < 1.29 is 19.1 Å². The van der Waals surface area contributed by atoms with Gasteiger partial charge in [0.15, 0.2) is 0 Å². The number of carbonyl (C=O) groups excluding carboxylic acids is 2. The summed E-state index contributed by atoms with van der Waals surface area (Å²) in [5, 5.41) is 0.918. The quantitative estimate of drug-likeness (QED) is 0.725. The largest absolute Gasteiger partial charge is 0.469 e. The molecule has 2 rings (SSSR count). The van der Waals surface area contributed by atoms with E-state index >= 15 is 0 Å². The molecule has 0 amide bonds. The van der Waals surface area contributed by atoms with E-state index in [-0.39, 0.29) is 25.4 Å². The van der Waals surface area contributed by atoms with Crippen LogP contribution in [-0.4, -0.2) is 19.0 Å². The average Bonchev–Trinajstić information content (AvgIpc) is 2.57. The zero-order valence-electron chi connectivity index (χ0n) is 13.1. The molecular weight excluding hydrogens is 351 g/mol. The van der Waals surface area contributed by atoms with Crippen molar-refractivity contribution in [3.63, 3.8) is 0 Å². The maximum absolute atomic E-state index is 12.0. The van der Waals surface area contributed by atoms with Crippen LogP contribution in [0.3, 0.4) is 0 Å². The van der Waals surface area contributed by atoms with Crippen LogP contribution in [0.2, 0.25) is 10.0 Å². The minimum absolute atomic E-state index is 0.0249. The van der Waals surface area contributed by atoms with Gasteiger partial charge >= 0.3 is 11.9 Å². The minimum atomic E-state index is -0.405. The molecule has 0 radical (unpaired) electrons. The van der Waals surface area contributed by atoms with E-state index in [1.54, 1.807) is 36.4 Å². The summed E-state index contributed by atoms with van der Waals surface area (Å²) in [7, 11) is 1.32. The van der Waals surface area contributed by atoms with Crippen LogP contribution in [0.25, 0.3) is 0 Å². The van der Waals surface area contributed by atoms with Gasteiger partial charge in [0.2, 0.25) is 0 Å². The molecule has 0 unspecified atom stereocenters. The lowest BCUT2D eigenvalue weighted by molar-refractivity contribution is -0.144. The van der Waals surface area contributed by atoms with Gasteiger partial charge in [-0.2, -0.15) is 0 Å². The molecule has 0 aromatic heterocycles. The first kappa shape index (κ1) is 18.3. The molecule has 4 nitrogen and oxygen atoms in total. The molecule has 0 fully saturated rings. The van der Waals surface area contributed by atoms with Crippen molar-refractivity contribution in [2.45, 2.75) is 19.4 Å². The van der Waals surface area contributed by atoms with Crippen LogP contribution in [0, 0.1) is 0 Å². The number of esters is 2. The molecule has 0 saturated heterocycles. The van der Waals surface area contributed by atoms with Gasteiger partial charge in [0, 0.05) is 10.6 Å². The summed E-state index contributed by atoms with van der Waals surface area (Å²) in [5.41, 5.74) is 1.96. The van der Waals surface area contributed by atoms with Crippen molar-refractivity contribution in [2.24, 2.45) is 0 Å². The maximum atomic E-state index is 12.0. The zero-order chi connectivity index (χ0) is 17.5. The highest BCUT2D eigenvalue weighted by molar-refractivity contribution is 6.32. The molecule has 0 heterocycles. The van der Waals surface area contributed by atoms with E-state index in [2.05, 4.69) is 4.74 Å². The van der Waals surface area contributed by atoms with Crippen LogP contribution in [-0.2, 0) is 38.5 Å². The Morgan fingerprint density at radius 3 is 2.21 bits per heavy atom. The molecule has 0 bridgehead atoms. The van der Waals surface area contributed by atoms with Crippen molar-refractivity contribution in [1.29, 1.82) is 0 Å². The molecule has 24 heavy (non-hydrogen) atoms. The molecule has 0 aliphatic rings. The fourth-order valence-corrected chi connectivity index (χ4v) is 2.57. The smallest absolute Gasteiger partial charge is 0.310 e. The highest BCUT2D eigenvalue weighted by Crippen LogP contribution is 2.23. The summed E-state index contributed by atoms with van der Waals surface area (Å²) in [6, 6.07) is 12.3. The lowest BCUT2D eigenvalue weighted by Gasteiger charge is -2.10. The Labute approximate surface area is 150 Å². The van der Waals surface area contributed by atoms with Gasteiger partial charge < -0.3 is 9.47 Å². The van der Waals surface area contributed by atoms with Crippen LogP contribution < -0.4 is 0 Å². The predicted molar refractivity (Wildman–Crippen MR) is 92.1 cm³/mol. The van der Waals surface area contributed by atoms with Gasteiger partial charge in [-0.05, 0) is 17.2 Å². The van der Waals surface area contributed by atoms with Gasteiger partial charge in [-0.3, -0.25) is 9.59 Å². The lowest BCUT2D eigenvalue weighted by atomic mass is 10.1. The van der Waals surface area contributed by atoms with Crippen molar-refractivity contribution in [3.05, 3.63) is 69.2 Å². The van der Waals surface area contributed by atoms with Crippen molar-refractivity contribution in [2.75, 3.05) is 7.11 Å². The van der Waals surface area contributed by atoms with E-state index in [0.29, 0.717) is 26.7 Å². The van der Waals surface area contributed by atoms with Gasteiger partial charge in [-0.15, -0.1) is 0 Å². The molecule has 2 aromatic carbocycles. The zero-order valence-corrected chi connectivity index (χ0v) is 14.6. The average molecular weight is 367 g/mol. The molecule has 0 aliphatic carbocycles. The van der Waals surface area contributed by atoms with Crippen LogP contribution in [0.4, 0.5) is 0 Å². The third kappa shape index (κ3) is 4.98. The summed E-state index contributed by atoms with van der Waals surface area (Å²) >= 11 is 12.3. The normalized spacial score (nSPS) is 10.3. The third-order valence-electron chi connectivity index (χ3n) is 3.40. The van der Waals surface area contributed by atoms with E-state index < -0.39 is 5.97 Å². The summed E-state index contributed by atoms with van der Waals surface area (Å²) in [5.74, 6) is -0.790. The maximum Gasteiger partial charge on any atom is 0.310 e. The van der Waals surface area contributed by atoms with E-state index in [0.717, 1.165) is 0 Å². The first-order valence-electron chi connectivity index (χ1n) is 7.23. The van der Waals surface area contributed by atoms with Gasteiger partial charge in [0.1, 0.15) is 6.61 Å². The molecule has 0 aliphatic heterocycles. The molecule has 6 heteroatoms. The summed E-state index contributed by atoms with van der Waals surface area (Å²) in [6.07, 6.45) is 0.149. The van der Waals surface area contributed by atoms with E-state index in [1.807, 2.05) is 6.07 Å². The second-order valence-corrected chi connectivity index (χ2v) is 5.86. The fraction of sp³-hybridized carbons (Fsp3) is 0.222. The number of ether oxygens (including phenoxy) is 2. The Morgan fingerprint density at radius 1 is 0.875 bits per heavy atom. The number of benzene rings is 2. The molecule has 0 N–H and O–H groups in total. The first-order valence-corrected chi connectivity index (χ1v) is 7.99. The topological polar surface area (TPSA) is 52.6 Å². The fourth-order valence-electron chi connectivity index (χ4n) is 2.12. The van der Waals surface area contributed by atoms with Crippen molar-refractivity contribution in [3.8, 4) is 0 Å². The second-order valence-electron chi connectivity index (χ2n) is 5.07. The first-order chi connectivity index (χ1) is 11.5. The molecule has 0 spiro atoms. The standard InChI is InChI=1S/C18H16Cl2O4/c1-23-16(21)10-13-6-4-7-14(18(13)20)11-24-17(22)9-12-5-2-3-8-15(12)19/h2-8H,9-11H2,1H3. The van der Waals surface area contributed by atoms with Gasteiger partial charge in [0.05, 0.1) is 25.0 Å². The lowest BCUT2D eigenvalue weighted by Crippen LogP contribution is -2.10. The van der Waals surface area contributed by atoms with E-state index in [1.165, 1.54) is 7.11 Å². The molecule has 2 aromatic rings. The Morgan fingerprint density at radius 2 is 1.50 bits per heavy atom. The Kier molecular flexibility index (Phi) is 6.64. The third-order valence-corrected chi connectivity index (χ3v) is 4.26.